The first-order valence-electron chi connectivity index (χ1n) is 5.21. The average molecular weight is 185 g/mol. The van der Waals surface area contributed by atoms with Gasteiger partial charge in [-0.25, -0.2) is 4.39 Å². The van der Waals surface area contributed by atoms with Crippen molar-refractivity contribution in [1.29, 1.82) is 0 Å². The number of hydrogen-bond acceptors (Lipinski definition) is 1. The summed E-state index contributed by atoms with van der Waals surface area (Å²) in [6, 6.07) is 0. The molecular formula is C11H20FN. The predicted octanol–water partition coefficient (Wildman–Crippen LogP) is 2.61. The summed E-state index contributed by atoms with van der Waals surface area (Å²) in [5.74, 6) is 0. The van der Waals surface area contributed by atoms with Gasteiger partial charge in [0.2, 0.25) is 0 Å². The minimum atomic E-state index is -0.868. The van der Waals surface area contributed by atoms with Crippen LogP contribution in [0.4, 0.5) is 4.39 Å². The van der Waals surface area contributed by atoms with E-state index in [2.05, 4.69) is 25.7 Å². The van der Waals surface area contributed by atoms with Crippen LogP contribution in [0.3, 0.4) is 0 Å². The van der Waals surface area contributed by atoms with Gasteiger partial charge in [0.1, 0.15) is 5.67 Å². The summed E-state index contributed by atoms with van der Waals surface area (Å²) in [6.45, 7) is 10.4. The second-order valence-corrected chi connectivity index (χ2v) is 6.00. The smallest absolute Gasteiger partial charge is 0.116 e. The highest BCUT2D eigenvalue weighted by molar-refractivity contribution is 5.18. The molecule has 0 aromatic carbocycles. The summed E-state index contributed by atoms with van der Waals surface area (Å²) in [7, 11) is 0. The molecule has 2 unspecified atom stereocenters. The fraction of sp³-hybridized carbons (Fsp3) is 1.00. The maximum Gasteiger partial charge on any atom is 0.116 e. The molecule has 0 aromatic heterocycles. The lowest BCUT2D eigenvalue weighted by atomic mass is 10.0. The van der Waals surface area contributed by atoms with Crippen LogP contribution in [-0.2, 0) is 0 Å². The number of alkyl halides is 1. The fourth-order valence-electron chi connectivity index (χ4n) is 2.61. The van der Waals surface area contributed by atoms with Gasteiger partial charge in [-0.1, -0.05) is 0 Å². The summed E-state index contributed by atoms with van der Waals surface area (Å²) in [4.78, 5) is 2.41. The Morgan fingerprint density at radius 1 is 1.31 bits per heavy atom. The maximum atomic E-state index is 13.7. The van der Waals surface area contributed by atoms with E-state index < -0.39 is 5.67 Å². The van der Waals surface area contributed by atoms with Gasteiger partial charge in [-0.15, -0.1) is 0 Å². The molecule has 2 rings (SSSR count). The van der Waals surface area contributed by atoms with E-state index in [9.17, 15) is 4.39 Å². The number of rotatable bonds is 0. The van der Waals surface area contributed by atoms with E-state index >= 15 is 0 Å². The van der Waals surface area contributed by atoms with Gasteiger partial charge in [0.25, 0.3) is 0 Å². The van der Waals surface area contributed by atoms with E-state index in [0.29, 0.717) is 0 Å². The van der Waals surface area contributed by atoms with Gasteiger partial charge < -0.3 is 0 Å². The quantitative estimate of drug-likeness (QED) is 0.560. The van der Waals surface area contributed by atoms with Crippen LogP contribution in [0.2, 0.25) is 0 Å². The van der Waals surface area contributed by atoms with Crippen LogP contribution >= 0.6 is 0 Å². The maximum absolute atomic E-state index is 13.7. The Kier molecular flexibility index (Phi) is 1.65. The van der Waals surface area contributed by atoms with Crippen molar-refractivity contribution in [1.82, 2.24) is 4.90 Å². The number of nitrogens with zero attached hydrogens (tertiary/aromatic N) is 1. The van der Waals surface area contributed by atoms with Crippen molar-refractivity contribution >= 4 is 0 Å². The summed E-state index contributed by atoms with van der Waals surface area (Å²) >= 11 is 0. The summed E-state index contributed by atoms with van der Waals surface area (Å²) < 4.78 is 13.7. The molecule has 2 heteroatoms. The second kappa shape index (κ2) is 2.28. The summed E-state index contributed by atoms with van der Waals surface area (Å²) in [5.41, 5.74) is -0.630. The summed E-state index contributed by atoms with van der Waals surface area (Å²) in [5, 5.41) is 0. The molecule has 1 nitrogen and oxygen atoms in total. The Morgan fingerprint density at radius 2 is 1.85 bits per heavy atom. The number of likely N-dealkylation sites (tertiary alicyclic amines) is 1. The van der Waals surface area contributed by atoms with Crippen LogP contribution in [0.15, 0.2) is 0 Å². The molecule has 1 spiro atoms. The monoisotopic (exact) mass is 185 g/mol. The van der Waals surface area contributed by atoms with Crippen molar-refractivity contribution in [3.8, 4) is 0 Å². The van der Waals surface area contributed by atoms with Crippen LogP contribution in [0.5, 0.6) is 0 Å². The van der Waals surface area contributed by atoms with Gasteiger partial charge in [-0.3, -0.25) is 4.90 Å². The highest BCUT2D eigenvalue weighted by atomic mass is 19.1. The Labute approximate surface area is 80.3 Å². The van der Waals surface area contributed by atoms with Gasteiger partial charge in [0, 0.05) is 17.5 Å². The molecular weight excluding hydrogens is 165 g/mol. The van der Waals surface area contributed by atoms with Crippen LogP contribution in [-0.4, -0.2) is 29.2 Å². The van der Waals surface area contributed by atoms with Gasteiger partial charge >= 0.3 is 0 Å². The van der Waals surface area contributed by atoms with Crippen molar-refractivity contribution in [3.63, 3.8) is 0 Å². The van der Waals surface area contributed by atoms with E-state index in [0.717, 1.165) is 25.9 Å². The molecule has 1 heterocycles. The molecule has 2 atom stereocenters. The standard InChI is InChI=1S/C11H20FN/c1-9(2,3)13-6-5-11(8-13)7-10(11,4)12/h5-8H2,1-4H3. The first kappa shape index (κ1) is 9.45. The fourth-order valence-corrected chi connectivity index (χ4v) is 2.61. The number of halogens is 1. The lowest BCUT2D eigenvalue weighted by Crippen LogP contribution is -2.40. The minimum Gasteiger partial charge on any atom is -0.298 e. The molecule has 0 N–H and O–H groups in total. The third kappa shape index (κ3) is 1.30. The Balaban J connectivity index is 2.05. The molecule has 1 aliphatic carbocycles. The lowest BCUT2D eigenvalue weighted by molar-refractivity contribution is 0.154. The molecule has 0 aromatic rings. The highest BCUT2D eigenvalue weighted by Crippen LogP contribution is 2.64. The second-order valence-electron chi connectivity index (χ2n) is 6.00. The molecule has 0 amide bonds. The molecule has 0 bridgehead atoms. The van der Waals surface area contributed by atoms with Crippen LogP contribution in [0.25, 0.3) is 0 Å². The minimum absolute atomic E-state index is 0.0281. The van der Waals surface area contributed by atoms with Gasteiger partial charge in [-0.05, 0) is 47.1 Å². The predicted molar refractivity (Wildman–Crippen MR) is 52.5 cm³/mol. The van der Waals surface area contributed by atoms with Crippen molar-refractivity contribution in [2.24, 2.45) is 5.41 Å². The zero-order valence-corrected chi connectivity index (χ0v) is 9.15. The third-order valence-electron chi connectivity index (χ3n) is 3.95. The van der Waals surface area contributed by atoms with Gasteiger partial charge in [0.15, 0.2) is 0 Å². The topological polar surface area (TPSA) is 3.24 Å². The van der Waals surface area contributed by atoms with Crippen molar-refractivity contribution in [2.75, 3.05) is 13.1 Å². The summed E-state index contributed by atoms with van der Waals surface area (Å²) in [6.07, 6.45) is 1.84. The van der Waals surface area contributed by atoms with Crippen LogP contribution < -0.4 is 0 Å². The molecule has 13 heavy (non-hydrogen) atoms. The van der Waals surface area contributed by atoms with E-state index in [-0.39, 0.29) is 11.0 Å². The number of hydrogen-bond donors (Lipinski definition) is 0. The molecule has 0 radical (unpaired) electrons. The van der Waals surface area contributed by atoms with Crippen molar-refractivity contribution in [3.05, 3.63) is 0 Å². The zero-order chi connectivity index (χ0) is 9.91. The largest absolute Gasteiger partial charge is 0.298 e. The molecule has 76 valence electrons. The Morgan fingerprint density at radius 3 is 2.08 bits per heavy atom. The average Bonchev–Trinajstić information content (AvgIpc) is 2.38. The van der Waals surface area contributed by atoms with Crippen molar-refractivity contribution in [2.45, 2.75) is 51.7 Å². The molecule has 1 saturated heterocycles. The van der Waals surface area contributed by atoms with Crippen LogP contribution in [0, 0.1) is 5.41 Å². The Bertz CT molecular complexity index is 229. The molecule has 1 saturated carbocycles. The highest BCUT2D eigenvalue weighted by Gasteiger charge is 2.68. The van der Waals surface area contributed by atoms with E-state index in [4.69, 9.17) is 0 Å². The van der Waals surface area contributed by atoms with Gasteiger partial charge in [0.05, 0.1) is 0 Å². The van der Waals surface area contributed by atoms with E-state index in [1.807, 2.05) is 0 Å². The van der Waals surface area contributed by atoms with Crippen molar-refractivity contribution < 1.29 is 4.39 Å². The third-order valence-corrected chi connectivity index (χ3v) is 3.95. The normalized spacial score (nSPS) is 45.9. The molecule has 2 fully saturated rings. The Hall–Kier alpha value is -0.110. The molecule has 1 aliphatic heterocycles. The SMILES string of the molecule is CC(C)(C)N1CCC2(C1)CC2(C)F. The van der Waals surface area contributed by atoms with Crippen LogP contribution in [0.1, 0.15) is 40.5 Å². The van der Waals surface area contributed by atoms with Gasteiger partial charge in [-0.2, -0.15) is 0 Å². The first-order chi connectivity index (χ1) is 5.77. The van der Waals surface area contributed by atoms with E-state index in [1.54, 1.807) is 6.92 Å². The zero-order valence-electron chi connectivity index (χ0n) is 9.15. The first-order valence-corrected chi connectivity index (χ1v) is 5.21. The van der Waals surface area contributed by atoms with E-state index in [1.165, 1.54) is 0 Å². The lowest BCUT2D eigenvalue weighted by Gasteiger charge is -2.31. The molecule has 2 aliphatic rings.